The van der Waals surface area contributed by atoms with Gasteiger partial charge in [-0.15, -0.1) is 0 Å². The number of rotatable bonds is 2. The molecule has 1 fully saturated rings. The molecule has 0 bridgehead atoms. The molecule has 27 heavy (non-hydrogen) atoms. The van der Waals surface area contributed by atoms with Crippen LogP contribution in [-0.2, 0) is 0 Å². The lowest BCUT2D eigenvalue weighted by Crippen LogP contribution is -2.43. The number of piperidine rings is 1. The molecule has 0 saturated carbocycles. The smallest absolute Gasteiger partial charge is 0.254 e. The summed E-state index contributed by atoms with van der Waals surface area (Å²) in [6.45, 7) is 8.18. The normalized spacial score (nSPS) is 20.0. The van der Waals surface area contributed by atoms with E-state index >= 15 is 0 Å². The van der Waals surface area contributed by atoms with Gasteiger partial charge in [-0.05, 0) is 36.8 Å². The number of hydrogen-bond acceptors (Lipinski definition) is 2. The topological polar surface area (TPSA) is 33.2 Å². The molecule has 3 aromatic rings. The number of aromatic nitrogens is 1. The average molecular weight is 358 g/mol. The molecule has 0 spiro atoms. The van der Waals surface area contributed by atoms with Crippen LogP contribution in [0.2, 0.25) is 0 Å². The number of nitrogens with zero attached hydrogens (tertiary/aromatic N) is 2. The van der Waals surface area contributed by atoms with Gasteiger partial charge in [0.25, 0.3) is 5.91 Å². The monoisotopic (exact) mass is 358 g/mol. The first-order chi connectivity index (χ1) is 13.0. The van der Waals surface area contributed by atoms with E-state index in [9.17, 15) is 4.79 Å². The molecule has 1 saturated heterocycles. The highest BCUT2D eigenvalue weighted by molar-refractivity contribution is 6.08. The van der Waals surface area contributed by atoms with Crippen molar-refractivity contribution < 1.29 is 4.79 Å². The summed E-state index contributed by atoms with van der Waals surface area (Å²) in [5, 5.41) is 0.950. The maximum Gasteiger partial charge on any atom is 0.254 e. The van der Waals surface area contributed by atoms with Crippen molar-refractivity contribution >= 4 is 16.8 Å². The summed E-state index contributed by atoms with van der Waals surface area (Å²) in [6.07, 6.45) is 1.19. The van der Waals surface area contributed by atoms with E-state index in [0.29, 0.717) is 11.8 Å². The SMILES string of the molecule is Cc1c(-c2ccccc2)nc2ccccc2c1C(=O)N1CC(C)CC(C)C1. The molecule has 3 heteroatoms. The Morgan fingerprint density at radius 3 is 2.30 bits per heavy atom. The number of carbonyl (C=O) groups is 1. The molecule has 1 aromatic heterocycles. The van der Waals surface area contributed by atoms with Gasteiger partial charge in [-0.25, -0.2) is 4.98 Å². The first kappa shape index (κ1) is 17.7. The van der Waals surface area contributed by atoms with Crippen molar-refractivity contribution in [2.75, 3.05) is 13.1 Å². The van der Waals surface area contributed by atoms with Gasteiger partial charge >= 0.3 is 0 Å². The minimum Gasteiger partial charge on any atom is -0.338 e. The van der Waals surface area contributed by atoms with Gasteiger partial charge in [-0.2, -0.15) is 0 Å². The Balaban J connectivity index is 1.88. The number of likely N-dealkylation sites (tertiary alicyclic amines) is 1. The Bertz CT molecular complexity index is 970. The summed E-state index contributed by atoms with van der Waals surface area (Å²) in [5.41, 5.74) is 4.60. The third-order valence-electron chi connectivity index (χ3n) is 5.55. The Hall–Kier alpha value is -2.68. The van der Waals surface area contributed by atoms with Gasteiger partial charge in [0.05, 0.1) is 16.8 Å². The van der Waals surface area contributed by atoms with Crippen molar-refractivity contribution in [2.24, 2.45) is 11.8 Å². The van der Waals surface area contributed by atoms with E-state index in [2.05, 4.69) is 26.0 Å². The summed E-state index contributed by atoms with van der Waals surface area (Å²) in [5.74, 6) is 1.22. The van der Waals surface area contributed by atoms with Crippen LogP contribution < -0.4 is 0 Å². The fourth-order valence-corrected chi connectivity index (χ4v) is 4.45. The summed E-state index contributed by atoms with van der Waals surface area (Å²) in [7, 11) is 0. The highest BCUT2D eigenvalue weighted by atomic mass is 16.2. The molecule has 2 atom stereocenters. The maximum atomic E-state index is 13.6. The zero-order valence-corrected chi connectivity index (χ0v) is 16.3. The second-order valence-electron chi connectivity index (χ2n) is 8.00. The zero-order valence-electron chi connectivity index (χ0n) is 16.3. The number of carbonyl (C=O) groups excluding carboxylic acids is 1. The lowest BCUT2D eigenvalue weighted by Gasteiger charge is -2.35. The van der Waals surface area contributed by atoms with Gasteiger partial charge in [0.15, 0.2) is 0 Å². The van der Waals surface area contributed by atoms with Gasteiger partial charge in [0.1, 0.15) is 0 Å². The van der Waals surface area contributed by atoms with Gasteiger partial charge in [0, 0.05) is 24.0 Å². The van der Waals surface area contributed by atoms with Crippen LogP contribution in [0.5, 0.6) is 0 Å². The van der Waals surface area contributed by atoms with Crippen molar-refractivity contribution in [3.8, 4) is 11.3 Å². The van der Waals surface area contributed by atoms with E-state index in [-0.39, 0.29) is 5.91 Å². The molecule has 2 heterocycles. The number of para-hydroxylation sites is 1. The summed E-state index contributed by atoms with van der Waals surface area (Å²) in [6, 6.07) is 18.1. The van der Waals surface area contributed by atoms with E-state index in [1.807, 2.05) is 54.3 Å². The van der Waals surface area contributed by atoms with Crippen LogP contribution in [-0.4, -0.2) is 28.9 Å². The second-order valence-corrected chi connectivity index (χ2v) is 8.00. The quantitative estimate of drug-likeness (QED) is 0.620. The summed E-state index contributed by atoms with van der Waals surface area (Å²) >= 11 is 0. The molecular formula is C24H26N2O. The first-order valence-electron chi connectivity index (χ1n) is 9.78. The van der Waals surface area contributed by atoms with Crippen LogP contribution >= 0.6 is 0 Å². The molecular weight excluding hydrogens is 332 g/mol. The van der Waals surface area contributed by atoms with E-state index in [1.54, 1.807) is 0 Å². The molecule has 2 unspecified atom stereocenters. The number of amides is 1. The van der Waals surface area contributed by atoms with Crippen molar-refractivity contribution in [2.45, 2.75) is 27.2 Å². The minimum absolute atomic E-state index is 0.140. The van der Waals surface area contributed by atoms with E-state index < -0.39 is 0 Å². The number of fused-ring (bicyclic) bond motifs is 1. The highest BCUT2D eigenvalue weighted by Gasteiger charge is 2.29. The largest absolute Gasteiger partial charge is 0.338 e. The fraction of sp³-hybridized carbons (Fsp3) is 0.333. The van der Waals surface area contributed by atoms with Crippen molar-refractivity contribution in [1.82, 2.24) is 9.88 Å². The summed E-state index contributed by atoms with van der Waals surface area (Å²) in [4.78, 5) is 20.5. The first-order valence-corrected chi connectivity index (χ1v) is 9.78. The van der Waals surface area contributed by atoms with E-state index in [1.165, 1.54) is 6.42 Å². The molecule has 0 N–H and O–H groups in total. The standard InChI is InChI=1S/C24H26N2O/c1-16-13-17(2)15-26(14-16)24(27)22-18(3)23(19-9-5-4-6-10-19)25-21-12-8-7-11-20(21)22/h4-12,16-17H,13-15H2,1-3H3. The average Bonchev–Trinajstić information content (AvgIpc) is 2.67. The van der Waals surface area contributed by atoms with Crippen LogP contribution in [0.1, 0.15) is 36.2 Å². The van der Waals surface area contributed by atoms with Gasteiger partial charge in [0.2, 0.25) is 0 Å². The molecule has 1 amide bonds. The fourth-order valence-electron chi connectivity index (χ4n) is 4.45. The molecule has 2 aromatic carbocycles. The molecule has 4 rings (SSSR count). The van der Waals surface area contributed by atoms with Crippen LogP contribution in [0.15, 0.2) is 54.6 Å². The predicted octanol–water partition coefficient (Wildman–Crippen LogP) is 5.33. The number of hydrogen-bond donors (Lipinski definition) is 0. The van der Waals surface area contributed by atoms with Gasteiger partial charge < -0.3 is 4.90 Å². The maximum absolute atomic E-state index is 13.6. The minimum atomic E-state index is 0.140. The Kier molecular flexibility index (Phi) is 4.69. The molecule has 1 aliphatic rings. The lowest BCUT2D eigenvalue weighted by atomic mass is 9.90. The Morgan fingerprint density at radius 1 is 0.963 bits per heavy atom. The van der Waals surface area contributed by atoms with Crippen molar-refractivity contribution in [3.63, 3.8) is 0 Å². The molecule has 138 valence electrons. The van der Waals surface area contributed by atoms with E-state index in [4.69, 9.17) is 4.98 Å². The number of benzene rings is 2. The number of pyridine rings is 1. The van der Waals surface area contributed by atoms with E-state index in [0.717, 1.165) is 46.4 Å². The molecule has 0 radical (unpaired) electrons. The molecule has 1 aliphatic heterocycles. The van der Waals surface area contributed by atoms with Crippen LogP contribution in [0.3, 0.4) is 0 Å². The third-order valence-corrected chi connectivity index (χ3v) is 5.55. The summed E-state index contributed by atoms with van der Waals surface area (Å²) < 4.78 is 0. The molecule has 0 aliphatic carbocycles. The Labute approximate surface area is 161 Å². The molecule has 3 nitrogen and oxygen atoms in total. The zero-order chi connectivity index (χ0) is 19.0. The van der Waals surface area contributed by atoms with Crippen molar-refractivity contribution in [1.29, 1.82) is 0 Å². The van der Waals surface area contributed by atoms with Crippen LogP contribution in [0.25, 0.3) is 22.2 Å². The van der Waals surface area contributed by atoms with Gasteiger partial charge in [-0.1, -0.05) is 62.4 Å². The lowest BCUT2D eigenvalue weighted by molar-refractivity contribution is 0.0624. The van der Waals surface area contributed by atoms with Gasteiger partial charge in [-0.3, -0.25) is 4.79 Å². The Morgan fingerprint density at radius 2 is 1.59 bits per heavy atom. The predicted molar refractivity (Wildman–Crippen MR) is 111 cm³/mol. The third kappa shape index (κ3) is 3.34. The highest BCUT2D eigenvalue weighted by Crippen LogP contribution is 2.32. The second kappa shape index (κ2) is 7.15. The van der Waals surface area contributed by atoms with Crippen LogP contribution in [0.4, 0.5) is 0 Å². The van der Waals surface area contributed by atoms with Crippen LogP contribution in [0, 0.1) is 18.8 Å². The van der Waals surface area contributed by atoms with Crippen molar-refractivity contribution in [3.05, 3.63) is 65.7 Å².